The summed E-state index contributed by atoms with van der Waals surface area (Å²) in [7, 11) is -3.56. The Kier molecular flexibility index (Phi) is 4.77. The van der Waals surface area contributed by atoms with Crippen LogP contribution in [-0.4, -0.2) is 67.0 Å². The van der Waals surface area contributed by atoms with Crippen LogP contribution in [0.1, 0.15) is 25.7 Å². The van der Waals surface area contributed by atoms with E-state index in [2.05, 4.69) is 0 Å². The number of hydrogen-bond donors (Lipinski definition) is 1. The fraction of sp³-hybridized carbons (Fsp3) is 0.909. The molecule has 0 aromatic carbocycles. The van der Waals surface area contributed by atoms with Crippen LogP contribution in [0.25, 0.3) is 0 Å². The lowest BCUT2D eigenvalue weighted by Crippen LogP contribution is -2.53. The van der Waals surface area contributed by atoms with Gasteiger partial charge in [0.05, 0.1) is 19.6 Å². The van der Waals surface area contributed by atoms with Gasteiger partial charge in [0.1, 0.15) is 0 Å². The minimum Gasteiger partial charge on any atom is -0.481 e. The van der Waals surface area contributed by atoms with E-state index >= 15 is 0 Å². The molecular weight excluding hydrogens is 272 g/mol. The summed E-state index contributed by atoms with van der Waals surface area (Å²) in [4.78, 5) is 10.9. The van der Waals surface area contributed by atoms with Crippen LogP contribution in [0.15, 0.2) is 0 Å². The summed E-state index contributed by atoms with van der Waals surface area (Å²) in [5.41, 5.74) is 0. The third-order valence-corrected chi connectivity index (χ3v) is 5.67. The molecule has 2 heterocycles. The van der Waals surface area contributed by atoms with Gasteiger partial charge >= 0.3 is 5.97 Å². The van der Waals surface area contributed by atoms with Crippen molar-refractivity contribution >= 4 is 16.2 Å². The van der Waals surface area contributed by atoms with Gasteiger partial charge in [0.15, 0.2) is 0 Å². The molecule has 0 saturated carbocycles. The van der Waals surface area contributed by atoms with Gasteiger partial charge in [0.25, 0.3) is 10.2 Å². The molecule has 8 heteroatoms. The van der Waals surface area contributed by atoms with Crippen LogP contribution in [0.3, 0.4) is 0 Å². The van der Waals surface area contributed by atoms with Crippen molar-refractivity contribution in [1.82, 2.24) is 8.61 Å². The van der Waals surface area contributed by atoms with Gasteiger partial charge in [0.2, 0.25) is 0 Å². The van der Waals surface area contributed by atoms with Crippen molar-refractivity contribution in [3.05, 3.63) is 0 Å². The molecule has 2 aliphatic rings. The number of nitrogens with zero attached hydrogens (tertiary/aromatic N) is 2. The number of carbonyl (C=O) groups is 1. The summed E-state index contributed by atoms with van der Waals surface area (Å²) in [6.07, 6.45) is 2.17. The molecule has 2 saturated heterocycles. The first kappa shape index (κ1) is 14.7. The Hall–Kier alpha value is -0.700. The number of carboxylic acids is 1. The van der Waals surface area contributed by atoms with Gasteiger partial charge in [-0.05, 0) is 12.8 Å². The fourth-order valence-electron chi connectivity index (χ4n) is 2.61. The quantitative estimate of drug-likeness (QED) is 0.781. The van der Waals surface area contributed by atoms with E-state index in [0.29, 0.717) is 39.3 Å². The lowest BCUT2D eigenvalue weighted by molar-refractivity contribution is -0.138. The highest BCUT2D eigenvalue weighted by Gasteiger charge is 2.37. The summed E-state index contributed by atoms with van der Waals surface area (Å²) in [5, 5.41) is 8.90. The summed E-state index contributed by atoms with van der Waals surface area (Å²) in [5.74, 6) is -0.950. The second kappa shape index (κ2) is 6.17. The van der Waals surface area contributed by atoms with E-state index in [-0.39, 0.29) is 6.42 Å². The molecule has 0 aliphatic carbocycles. The first-order chi connectivity index (χ1) is 9.01. The van der Waals surface area contributed by atoms with E-state index in [4.69, 9.17) is 9.84 Å². The van der Waals surface area contributed by atoms with Gasteiger partial charge in [-0.2, -0.15) is 17.0 Å². The third-order valence-electron chi connectivity index (χ3n) is 3.58. The SMILES string of the molecule is O=C(O)CC1CCCCN1S(=O)(=O)N1CCOCC1. The fourth-order valence-corrected chi connectivity index (χ4v) is 4.43. The predicted octanol–water partition coefficient (Wildman–Crippen LogP) is -0.107. The Bertz CT molecular complexity index is 419. The zero-order chi connectivity index (χ0) is 13.9. The Balaban J connectivity index is 2.13. The normalized spacial score (nSPS) is 27.3. The Labute approximate surface area is 113 Å². The standard InChI is InChI=1S/C11H20N2O5S/c14-11(15)9-10-3-1-2-4-13(10)19(16,17)12-5-7-18-8-6-12/h10H,1-9H2,(H,14,15). The molecule has 0 bridgehead atoms. The van der Waals surface area contributed by atoms with Crippen LogP contribution in [0.4, 0.5) is 0 Å². The van der Waals surface area contributed by atoms with E-state index in [0.717, 1.165) is 12.8 Å². The van der Waals surface area contributed by atoms with Crippen LogP contribution in [0, 0.1) is 0 Å². The molecular formula is C11H20N2O5S. The number of rotatable bonds is 4. The molecule has 0 amide bonds. The molecule has 0 aromatic heterocycles. The van der Waals surface area contributed by atoms with Gasteiger partial charge in [-0.1, -0.05) is 6.42 Å². The molecule has 0 spiro atoms. The predicted molar refractivity (Wildman–Crippen MR) is 67.9 cm³/mol. The van der Waals surface area contributed by atoms with E-state index < -0.39 is 22.2 Å². The molecule has 1 N–H and O–H groups in total. The van der Waals surface area contributed by atoms with E-state index in [1.807, 2.05) is 0 Å². The van der Waals surface area contributed by atoms with Gasteiger partial charge in [0, 0.05) is 25.7 Å². The highest BCUT2D eigenvalue weighted by atomic mass is 32.2. The minimum absolute atomic E-state index is 0.121. The zero-order valence-corrected chi connectivity index (χ0v) is 11.6. The maximum Gasteiger partial charge on any atom is 0.304 e. The van der Waals surface area contributed by atoms with Crippen molar-refractivity contribution in [1.29, 1.82) is 0 Å². The second-order valence-corrected chi connectivity index (χ2v) is 6.76. The Morgan fingerprint density at radius 1 is 1.21 bits per heavy atom. The van der Waals surface area contributed by atoms with Crippen LogP contribution >= 0.6 is 0 Å². The Morgan fingerprint density at radius 2 is 1.89 bits per heavy atom. The lowest BCUT2D eigenvalue weighted by Gasteiger charge is -2.38. The Morgan fingerprint density at radius 3 is 2.53 bits per heavy atom. The maximum absolute atomic E-state index is 12.5. The molecule has 7 nitrogen and oxygen atoms in total. The summed E-state index contributed by atoms with van der Waals surface area (Å²) < 4.78 is 33.0. The summed E-state index contributed by atoms with van der Waals surface area (Å²) >= 11 is 0. The average molecular weight is 292 g/mol. The average Bonchev–Trinajstić information content (AvgIpc) is 2.39. The lowest BCUT2D eigenvalue weighted by atomic mass is 10.0. The molecule has 2 rings (SSSR count). The molecule has 19 heavy (non-hydrogen) atoms. The number of morpholine rings is 1. The molecule has 1 unspecified atom stereocenters. The number of hydrogen-bond acceptors (Lipinski definition) is 4. The zero-order valence-electron chi connectivity index (χ0n) is 10.8. The maximum atomic E-state index is 12.5. The van der Waals surface area contributed by atoms with Gasteiger partial charge < -0.3 is 9.84 Å². The first-order valence-electron chi connectivity index (χ1n) is 6.58. The second-order valence-electron chi connectivity index (χ2n) is 4.88. The van der Waals surface area contributed by atoms with E-state index in [1.54, 1.807) is 0 Å². The highest BCUT2D eigenvalue weighted by Crippen LogP contribution is 2.25. The topological polar surface area (TPSA) is 87.2 Å². The van der Waals surface area contributed by atoms with Crippen LogP contribution in [0.5, 0.6) is 0 Å². The van der Waals surface area contributed by atoms with Crippen LogP contribution in [0.2, 0.25) is 0 Å². The minimum atomic E-state index is -3.56. The monoisotopic (exact) mass is 292 g/mol. The smallest absolute Gasteiger partial charge is 0.304 e. The van der Waals surface area contributed by atoms with Crippen molar-refractivity contribution in [2.45, 2.75) is 31.7 Å². The molecule has 1 atom stereocenters. The molecule has 2 fully saturated rings. The number of piperidine rings is 1. The first-order valence-corrected chi connectivity index (χ1v) is 7.98. The summed E-state index contributed by atoms with van der Waals surface area (Å²) in [6.45, 7) is 1.90. The number of ether oxygens (including phenoxy) is 1. The molecule has 110 valence electrons. The van der Waals surface area contributed by atoms with Gasteiger partial charge in [-0.3, -0.25) is 4.79 Å². The highest BCUT2D eigenvalue weighted by molar-refractivity contribution is 7.86. The van der Waals surface area contributed by atoms with Crippen molar-refractivity contribution in [2.24, 2.45) is 0 Å². The van der Waals surface area contributed by atoms with Gasteiger partial charge in [-0.25, -0.2) is 0 Å². The van der Waals surface area contributed by atoms with E-state index in [9.17, 15) is 13.2 Å². The van der Waals surface area contributed by atoms with E-state index in [1.165, 1.54) is 8.61 Å². The number of aliphatic carboxylic acids is 1. The van der Waals surface area contributed by atoms with Crippen LogP contribution < -0.4 is 0 Å². The van der Waals surface area contributed by atoms with Crippen LogP contribution in [-0.2, 0) is 19.7 Å². The number of carboxylic acid groups (broad SMARTS) is 1. The van der Waals surface area contributed by atoms with Crippen molar-refractivity contribution in [3.63, 3.8) is 0 Å². The molecule has 2 aliphatic heterocycles. The molecule has 0 radical (unpaired) electrons. The largest absolute Gasteiger partial charge is 0.481 e. The van der Waals surface area contributed by atoms with Gasteiger partial charge in [-0.15, -0.1) is 0 Å². The van der Waals surface area contributed by atoms with Crippen molar-refractivity contribution in [3.8, 4) is 0 Å². The van der Waals surface area contributed by atoms with Crippen molar-refractivity contribution < 1.29 is 23.1 Å². The molecule has 0 aromatic rings. The summed E-state index contributed by atoms with van der Waals surface area (Å²) in [6, 6.07) is -0.418. The third kappa shape index (κ3) is 3.44. The van der Waals surface area contributed by atoms with Crippen molar-refractivity contribution in [2.75, 3.05) is 32.8 Å².